The van der Waals surface area contributed by atoms with Crippen molar-refractivity contribution in [2.75, 3.05) is 33.8 Å². The number of likely N-dealkylation sites (N-methyl/N-ethyl adjacent to an activating group) is 2. The van der Waals surface area contributed by atoms with Gasteiger partial charge in [0.05, 0.1) is 17.0 Å². The van der Waals surface area contributed by atoms with Gasteiger partial charge in [-0.05, 0) is 34.0 Å². The molecule has 0 aromatic carbocycles. The molecule has 0 saturated carbocycles. The fourth-order valence-electron chi connectivity index (χ4n) is 2.17. The van der Waals surface area contributed by atoms with Crippen molar-refractivity contribution in [3.05, 3.63) is 21.9 Å². The molecule has 1 aromatic rings. The van der Waals surface area contributed by atoms with Crippen LogP contribution in [0.5, 0.6) is 0 Å². The average molecular weight is 308 g/mol. The molecular formula is C16H24N2O2S. The summed E-state index contributed by atoms with van der Waals surface area (Å²) in [7, 11) is 4.02. The van der Waals surface area contributed by atoms with E-state index in [4.69, 9.17) is 5.11 Å². The third-order valence-electron chi connectivity index (χ3n) is 3.06. The summed E-state index contributed by atoms with van der Waals surface area (Å²) in [5, 5.41) is 10.6. The number of carbonyl (C=O) groups is 1. The minimum Gasteiger partial charge on any atom is -0.395 e. The number of nitrogens with zero attached hydrogens (tertiary/aromatic N) is 2. The van der Waals surface area contributed by atoms with Gasteiger partial charge in [-0.2, -0.15) is 0 Å². The van der Waals surface area contributed by atoms with E-state index >= 15 is 0 Å². The third-order valence-corrected chi connectivity index (χ3v) is 3.90. The molecule has 1 atom stereocenters. The molecule has 1 rings (SSSR count). The zero-order valence-corrected chi connectivity index (χ0v) is 14.0. The highest BCUT2D eigenvalue weighted by atomic mass is 32.1. The van der Waals surface area contributed by atoms with E-state index in [-0.39, 0.29) is 18.6 Å². The van der Waals surface area contributed by atoms with Crippen LogP contribution in [0.4, 0.5) is 0 Å². The van der Waals surface area contributed by atoms with E-state index in [1.54, 1.807) is 0 Å². The Morgan fingerprint density at radius 3 is 2.76 bits per heavy atom. The van der Waals surface area contributed by atoms with E-state index in [1.165, 1.54) is 11.3 Å². The molecule has 0 spiro atoms. The van der Waals surface area contributed by atoms with E-state index in [0.29, 0.717) is 18.5 Å². The molecular weight excluding hydrogens is 284 g/mol. The summed E-state index contributed by atoms with van der Waals surface area (Å²) in [6, 6.07) is 2.00. The number of hydrogen-bond donors (Lipinski definition) is 1. The molecule has 0 aliphatic carbocycles. The van der Waals surface area contributed by atoms with Gasteiger partial charge in [0.1, 0.15) is 0 Å². The predicted molar refractivity (Wildman–Crippen MR) is 87.6 cm³/mol. The average Bonchev–Trinajstić information content (AvgIpc) is 2.87. The van der Waals surface area contributed by atoms with Crippen molar-refractivity contribution in [2.24, 2.45) is 0 Å². The lowest BCUT2D eigenvalue weighted by molar-refractivity contribution is 0.0679. The smallest absolute Gasteiger partial charge is 0.255 e. The van der Waals surface area contributed by atoms with Crippen LogP contribution in [0.3, 0.4) is 0 Å². The van der Waals surface area contributed by atoms with Gasteiger partial charge in [-0.25, -0.2) is 0 Å². The van der Waals surface area contributed by atoms with Crippen LogP contribution in [0.25, 0.3) is 0 Å². The molecule has 0 saturated heterocycles. The third kappa shape index (κ3) is 5.50. The lowest BCUT2D eigenvalue weighted by atomic mass is 10.2. The Hall–Kier alpha value is -1.35. The minimum absolute atomic E-state index is 0.0540. The number of aliphatic hydroxyl groups excluding tert-OH is 1. The normalized spacial score (nSPS) is 11.9. The van der Waals surface area contributed by atoms with Crippen LogP contribution < -0.4 is 0 Å². The fourth-order valence-corrected chi connectivity index (χ4v) is 2.92. The van der Waals surface area contributed by atoms with Gasteiger partial charge in [-0.1, -0.05) is 11.8 Å². The maximum atomic E-state index is 12.6. The SMILES string of the molecule is CCN(C(=O)c1csc(C#CCCO)c1)C(C)CN(C)C. The first kappa shape index (κ1) is 17.7. The van der Waals surface area contributed by atoms with Gasteiger partial charge in [0, 0.05) is 30.9 Å². The van der Waals surface area contributed by atoms with E-state index < -0.39 is 0 Å². The number of thiophene rings is 1. The van der Waals surface area contributed by atoms with Crippen LogP contribution in [0.15, 0.2) is 11.4 Å². The molecule has 116 valence electrons. The summed E-state index contributed by atoms with van der Waals surface area (Å²) >= 11 is 1.47. The van der Waals surface area contributed by atoms with Crippen LogP contribution >= 0.6 is 11.3 Å². The maximum absolute atomic E-state index is 12.6. The number of hydrogen-bond acceptors (Lipinski definition) is 4. The first-order chi connectivity index (χ1) is 9.99. The monoisotopic (exact) mass is 308 g/mol. The molecule has 0 bridgehead atoms. The van der Waals surface area contributed by atoms with Crippen LogP contribution in [0, 0.1) is 11.8 Å². The first-order valence-corrected chi connectivity index (χ1v) is 8.01. The molecule has 4 nitrogen and oxygen atoms in total. The van der Waals surface area contributed by atoms with Gasteiger partial charge in [0.2, 0.25) is 0 Å². The van der Waals surface area contributed by atoms with Crippen LogP contribution in [0.1, 0.15) is 35.5 Å². The van der Waals surface area contributed by atoms with Crippen molar-refractivity contribution < 1.29 is 9.90 Å². The number of rotatable bonds is 6. The Balaban J connectivity index is 2.79. The summed E-state index contributed by atoms with van der Waals surface area (Å²) in [4.78, 5) is 17.4. The van der Waals surface area contributed by atoms with E-state index in [2.05, 4.69) is 23.7 Å². The van der Waals surface area contributed by atoms with Crippen LogP contribution in [-0.4, -0.2) is 60.6 Å². The highest BCUT2D eigenvalue weighted by molar-refractivity contribution is 7.10. The Morgan fingerprint density at radius 1 is 1.48 bits per heavy atom. The quantitative estimate of drug-likeness (QED) is 0.816. The number of aliphatic hydroxyl groups is 1. The Labute approximate surface area is 131 Å². The van der Waals surface area contributed by atoms with Gasteiger partial charge in [0.15, 0.2) is 0 Å². The van der Waals surface area contributed by atoms with Crippen molar-refractivity contribution in [3.8, 4) is 11.8 Å². The topological polar surface area (TPSA) is 43.8 Å². The van der Waals surface area contributed by atoms with Gasteiger partial charge >= 0.3 is 0 Å². The van der Waals surface area contributed by atoms with Crippen LogP contribution in [-0.2, 0) is 0 Å². The molecule has 1 unspecified atom stereocenters. The summed E-state index contributed by atoms with van der Waals surface area (Å²) < 4.78 is 0. The lowest BCUT2D eigenvalue weighted by Crippen LogP contribution is -2.43. The van der Waals surface area contributed by atoms with Crippen molar-refractivity contribution in [2.45, 2.75) is 26.3 Å². The zero-order chi connectivity index (χ0) is 15.8. The number of carbonyl (C=O) groups excluding carboxylic acids is 1. The zero-order valence-electron chi connectivity index (χ0n) is 13.2. The molecule has 0 radical (unpaired) electrons. The lowest BCUT2D eigenvalue weighted by Gasteiger charge is -2.29. The summed E-state index contributed by atoms with van der Waals surface area (Å²) in [6.07, 6.45) is 0.460. The van der Waals surface area contributed by atoms with Gasteiger partial charge in [-0.3, -0.25) is 4.79 Å². The van der Waals surface area contributed by atoms with E-state index in [9.17, 15) is 4.79 Å². The first-order valence-electron chi connectivity index (χ1n) is 7.13. The van der Waals surface area contributed by atoms with Gasteiger partial charge in [-0.15, -0.1) is 11.3 Å². The Kier molecular flexibility index (Phi) is 7.44. The second-order valence-electron chi connectivity index (χ2n) is 5.18. The van der Waals surface area contributed by atoms with Crippen molar-refractivity contribution in [1.82, 2.24) is 9.80 Å². The molecule has 0 aliphatic heterocycles. The summed E-state index contributed by atoms with van der Waals surface area (Å²) in [5.74, 6) is 5.90. The van der Waals surface area contributed by atoms with E-state index in [0.717, 1.165) is 11.4 Å². The molecule has 1 N–H and O–H groups in total. The molecule has 1 aromatic heterocycles. The highest BCUT2D eigenvalue weighted by Gasteiger charge is 2.21. The van der Waals surface area contributed by atoms with E-state index in [1.807, 2.05) is 37.4 Å². The highest BCUT2D eigenvalue weighted by Crippen LogP contribution is 2.17. The van der Waals surface area contributed by atoms with Gasteiger partial charge in [0.25, 0.3) is 5.91 Å². The summed E-state index contributed by atoms with van der Waals surface area (Å²) in [6.45, 7) is 5.66. The Bertz CT molecular complexity index is 514. The van der Waals surface area contributed by atoms with Crippen molar-refractivity contribution in [1.29, 1.82) is 0 Å². The van der Waals surface area contributed by atoms with Crippen molar-refractivity contribution in [3.63, 3.8) is 0 Å². The second-order valence-corrected chi connectivity index (χ2v) is 6.09. The molecule has 1 heterocycles. The molecule has 5 heteroatoms. The van der Waals surface area contributed by atoms with Gasteiger partial charge < -0.3 is 14.9 Å². The maximum Gasteiger partial charge on any atom is 0.255 e. The fraction of sp³-hybridized carbons (Fsp3) is 0.562. The molecule has 0 fully saturated rings. The largest absolute Gasteiger partial charge is 0.395 e. The molecule has 1 amide bonds. The second kappa shape index (κ2) is 8.83. The number of amides is 1. The van der Waals surface area contributed by atoms with Crippen molar-refractivity contribution >= 4 is 17.2 Å². The predicted octanol–water partition coefficient (Wildman–Crippen LogP) is 1.89. The molecule has 21 heavy (non-hydrogen) atoms. The van der Waals surface area contributed by atoms with Crippen LogP contribution in [0.2, 0.25) is 0 Å². The minimum atomic E-state index is 0.0540. The Morgan fingerprint density at radius 2 is 2.19 bits per heavy atom. The molecule has 0 aliphatic rings. The summed E-state index contributed by atoms with van der Waals surface area (Å²) in [5.41, 5.74) is 0.695. The standard InChI is InChI=1S/C16H24N2O2S/c1-5-18(13(2)11-17(3)4)16(20)14-10-15(21-12-14)8-6-7-9-19/h10,12-13,19H,5,7,9,11H2,1-4H3.